The highest BCUT2D eigenvalue weighted by Gasteiger charge is 2.50. The van der Waals surface area contributed by atoms with Crippen molar-refractivity contribution in [2.24, 2.45) is 0 Å². The van der Waals surface area contributed by atoms with Crippen LogP contribution in [0.5, 0.6) is 0 Å². The molecular weight excluding hydrogens is 263 g/mol. The quantitative estimate of drug-likeness (QED) is 0.868. The highest BCUT2D eigenvalue weighted by atomic mass is 16.7. The number of nitrogens with zero attached hydrogens (tertiary/aromatic N) is 1. The van der Waals surface area contributed by atoms with Gasteiger partial charge in [-0.15, -0.1) is 0 Å². The molecule has 3 heterocycles. The summed E-state index contributed by atoms with van der Waals surface area (Å²) < 4.78 is 12.0. The summed E-state index contributed by atoms with van der Waals surface area (Å²) in [6, 6.07) is 2.53. The molecule has 21 heavy (non-hydrogen) atoms. The van der Waals surface area contributed by atoms with Crippen LogP contribution in [0.25, 0.3) is 6.08 Å². The Hall–Kier alpha value is -1.17. The van der Waals surface area contributed by atoms with Crippen LogP contribution in [0.2, 0.25) is 0 Å². The third kappa shape index (κ3) is 2.78. The molecule has 0 aliphatic carbocycles. The van der Waals surface area contributed by atoms with Crippen LogP contribution in [-0.4, -0.2) is 29.8 Å². The van der Waals surface area contributed by atoms with Gasteiger partial charge in [0.05, 0.1) is 11.2 Å². The fourth-order valence-electron chi connectivity index (χ4n) is 2.58. The Morgan fingerprint density at radius 2 is 1.95 bits per heavy atom. The Kier molecular flexibility index (Phi) is 3.68. The summed E-state index contributed by atoms with van der Waals surface area (Å²) >= 11 is 0. The van der Waals surface area contributed by atoms with Gasteiger partial charge in [0.1, 0.15) is 0 Å². The Morgan fingerprint density at radius 1 is 1.29 bits per heavy atom. The summed E-state index contributed by atoms with van der Waals surface area (Å²) in [5.74, 6) is 1.98. The van der Waals surface area contributed by atoms with E-state index in [1.165, 1.54) is 12.0 Å². The molecule has 0 aromatic carbocycles. The average Bonchev–Trinajstić information content (AvgIpc) is 2.55. The molecule has 2 aliphatic heterocycles. The first-order valence-electron chi connectivity index (χ1n) is 7.60. The fourth-order valence-corrected chi connectivity index (χ4v) is 2.58. The van der Waals surface area contributed by atoms with Gasteiger partial charge in [-0.2, -0.15) is 0 Å². The monoisotopic (exact) mass is 286 g/mol. The molecule has 0 radical (unpaired) electrons. The van der Waals surface area contributed by atoms with E-state index in [0.717, 1.165) is 12.1 Å². The third-order valence-corrected chi connectivity index (χ3v) is 4.79. The molecule has 112 valence electrons. The highest BCUT2D eigenvalue weighted by molar-refractivity contribution is 6.52. The van der Waals surface area contributed by atoms with Gasteiger partial charge in [0, 0.05) is 18.4 Å². The molecule has 1 unspecified atom stereocenters. The number of hydrogen-bond donors (Lipinski definition) is 1. The predicted octanol–water partition coefficient (Wildman–Crippen LogP) is 2.76. The molecule has 2 saturated heterocycles. The minimum atomic E-state index is -0.308. The van der Waals surface area contributed by atoms with Crippen LogP contribution in [0, 0.1) is 0 Å². The van der Waals surface area contributed by atoms with Crippen LogP contribution in [0.15, 0.2) is 24.4 Å². The van der Waals surface area contributed by atoms with Crippen molar-refractivity contribution in [1.29, 1.82) is 0 Å². The van der Waals surface area contributed by atoms with Crippen molar-refractivity contribution in [3.63, 3.8) is 0 Å². The largest absolute Gasteiger partial charge is 0.487 e. The number of pyridine rings is 1. The maximum atomic E-state index is 5.98. The molecule has 1 aromatic rings. The zero-order valence-corrected chi connectivity index (χ0v) is 13.2. The lowest BCUT2D eigenvalue weighted by Gasteiger charge is -2.32. The molecular formula is C16H23BN2O2. The summed E-state index contributed by atoms with van der Waals surface area (Å²) in [4.78, 5) is 4.23. The van der Waals surface area contributed by atoms with E-state index in [4.69, 9.17) is 9.31 Å². The van der Waals surface area contributed by atoms with Crippen molar-refractivity contribution in [3.05, 3.63) is 35.6 Å². The van der Waals surface area contributed by atoms with Gasteiger partial charge in [-0.05, 0) is 57.9 Å². The van der Waals surface area contributed by atoms with Crippen molar-refractivity contribution in [1.82, 2.24) is 10.3 Å². The summed E-state index contributed by atoms with van der Waals surface area (Å²) in [5, 5.41) is 3.43. The lowest BCUT2D eigenvalue weighted by molar-refractivity contribution is 0.00578. The Morgan fingerprint density at radius 3 is 2.52 bits per heavy atom. The maximum Gasteiger partial charge on any atom is 0.487 e. The zero-order valence-electron chi connectivity index (χ0n) is 13.2. The van der Waals surface area contributed by atoms with Gasteiger partial charge < -0.3 is 14.6 Å². The Balaban J connectivity index is 1.76. The van der Waals surface area contributed by atoms with Gasteiger partial charge in [-0.1, -0.05) is 12.1 Å². The number of nitrogens with one attached hydrogen (secondary N) is 1. The van der Waals surface area contributed by atoms with E-state index in [2.05, 4.69) is 50.1 Å². The molecule has 0 spiro atoms. The first-order valence-corrected chi connectivity index (χ1v) is 7.60. The van der Waals surface area contributed by atoms with E-state index in [0.29, 0.717) is 6.04 Å². The van der Waals surface area contributed by atoms with Gasteiger partial charge in [0.25, 0.3) is 0 Å². The smallest absolute Gasteiger partial charge is 0.400 e. The highest BCUT2D eigenvalue weighted by Crippen LogP contribution is 2.37. The van der Waals surface area contributed by atoms with Crippen molar-refractivity contribution in [3.8, 4) is 0 Å². The third-order valence-electron chi connectivity index (χ3n) is 4.79. The standard InChI is InChI=1S/C16H23BN2O2/c1-15(2)16(3,4)21-17(20-15)8-5-12-11-18-9-6-13(12)14-7-10-19-14/h5-6,8-9,11,14,19H,7,10H2,1-4H3/b8-5+. The normalized spacial score (nSPS) is 27.0. The van der Waals surface area contributed by atoms with Gasteiger partial charge in [-0.25, -0.2) is 0 Å². The van der Waals surface area contributed by atoms with E-state index in [1.807, 2.05) is 18.4 Å². The zero-order chi connectivity index (χ0) is 15.1. The van der Waals surface area contributed by atoms with Gasteiger partial charge in [0.2, 0.25) is 0 Å². The van der Waals surface area contributed by atoms with Gasteiger partial charge >= 0.3 is 7.12 Å². The SMILES string of the molecule is CC1(C)OB(/C=C/c2cnccc2C2CCN2)OC1(C)C. The van der Waals surface area contributed by atoms with Crippen molar-refractivity contribution in [2.45, 2.75) is 51.4 Å². The van der Waals surface area contributed by atoms with Crippen molar-refractivity contribution >= 4 is 13.2 Å². The van der Waals surface area contributed by atoms with Crippen LogP contribution >= 0.6 is 0 Å². The number of aromatic nitrogens is 1. The van der Waals surface area contributed by atoms with Crippen LogP contribution < -0.4 is 5.32 Å². The second-order valence-corrected chi connectivity index (χ2v) is 6.78. The minimum absolute atomic E-state index is 0.296. The fraction of sp³-hybridized carbons (Fsp3) is 0.562. The number of hydrogen-bond acceptors (Lipinski definition) is 4. The maximum absolute atomic E-state index is 5.98. The predicted molar refractivity (Wildman–Crippen MR) is 84.7 cm³/mol. The first-order chi connectivity index (χ1) is 9.89. The lowest BCUT2D eigenvalue weighted by Crippen LogP contribution is -2.41. The minimum Gasteiger partial charge on any atom is -0.400 e. The van der Waals surface area contributed by atoms with Crippen LogP contribution in [0.3, 0.4) is 0 Å². The van der Waals surface area contributed by atoms with E-state index >= 15 is 0 Å². The molecule has 1 N–H and O–H groups in total. The molecule has 2 aliphatic rings. The summed E-state index contributed by atoms with van der Waals surface area (Å²) in [6.07, 6.45) is 6.99. The number of rotatable bonds is 3. The second-order valence-electron chi connectivity index (χ2n) is 6.78. The van der Waals surface area contributed by atoms with Crippen LogP contribution in [0.1, 0.15) is 51.3 Å². The molecule has 0 amide bonds. The lowest BCUT2D eigenvalue weighted by atomic mass is 9.87. The van der Waals surface area contributed by atoms with Gasteiger partial charge in [0.15, 0.2) is 0 Å². The molecule has 3 rings (SSSR count). The summed E-state index contributed by atoms with van der Waals surface area (Å²) in [6.45, 7) is 9.35. The summed E-state index contributed by atoms with van der Waals surface area (Å²) in [7, 11) is -0.308. The topological polar surface area (TPSA) is 43.4 Å². The van der Waals surface area contributed by atoms with Crippen molar-refractivity contribution < 1.29 is 9.31 Å². The average molecular weight is 286 g/mol. The Labute approximate surface area is 127 Å². The molecule has 4 nitrogen and oxygen atoms in total. The molecule has 5 heteroatoms. The molecule has 2 fully saturated rings. The van der Waals surface area contributed by atoms with Crippen molar-refractivity contribution in [2.75, 3.05) is 6.54 Å². The second kappa shape index (κ2) is 5.23. The van der Waals surface area contributed by atoms with E-state index < -0.39 is 0 Å². The van der Waals surface area contributed by atoms with E-state index in [9.17, 15) is 0 Å². The Bertz CT molecular complexity index is 537. The van der Waals surface area contributed by atoms with Crippen LogP contribution in [-0.2, 0) is 9.31 Å². The van der Waals surface area contributed by atoms with Crippen LogP contribution in [0.4, 0.5) is 0 Å². The first kappa shape index (κ1) is 14.8. The molecule has 0 bridgehead atoms. The molecule has 1 atom stereocenters. The molecule has 0 saturated carbocycles. The molecule has 1 aromatic heterocycles. The summed E-state index contributed by atoms with van der Waals surface area (Å²) in [5.41, 5.74) is 1.83. The van der Waals surface area contributed by atoms with E-state index in [-0.39, 0.29) is 18.3 Å². The van der Waals surface area contributed by atoms with Gasteiger partial charge in [-0.3, -0.25) is 4.98 Å². The van der Waals surface area contributed by atoms with E-state index in [1.54, 1.807) is 0 Å².